The summed E-state index contributed by atoms with van der Waals surface area (Å²) in [5.41, 5.74) is 1.28. The molecular weight excluding hydrogens is 290 g/mol. The van der Waals surface area contributed by atoms with Gasteiger partial charge in [-0.25, -0.2) is 0 Å². The van der Waals surface area contributed by atoms with E-state index in [0.717, 1.165) is 45.0 Å². The number of pyridine rings is 1. The highest BCUT2D eigenvalue weighted by Gasteiger charge is 2.43. The van der Waals surface area contributed by atoms with Gasteiger partial charge in [-0.2, -0.15) is 0 Å². The zero-order chi connectivity index (χ0) is 15.6. The van der Waals surface area contributed by atoms with E-state index in [2.05, 4.69) is 27.3 Å². The minimum Gasteiger partial charge on any atom is -0.375 e. The normalized spacial score (nSPS) is 30.9. The molecule has 3 aliphatic rings. The van der Waals surface area contributed by atoms with Gasteiger partial charge in [-0.3, -0.25) is 14.7 Å². The molecule has 0 aromatic carbocycles. The number of hydrogen-bond donors (Lipinski definition) is 1. The van der Waals surface area contributed by atoms with Gasteiger partial charge in [0.1, 0.15) is 0 Å². The molecule has 124 valence electrons. The highest BCUT2D eigenvalue weighted by Crippen LogP contribution is 2.35. The van der Waals surface area contributed by atoms with Crippen molar-refractivity contribution in [1.29, 1.82) is 0 Å². The van der Waals surface area contributed by atoms with Crippen molar-refractivity contribution in [3.63, 3.8) is 0 Å². The molecule has 5 nitrogen and oxygen atoms in total. The van der Waals surface area contributed by atoms with Crippen LogP contribution in [-0.4, -0.2) is 47.6 Å². The van der Waals surface area contributed by atoms with Crippen LogP contribution in [0.15, 0.2) is 24.5 Å². The number of carbonyl (C=O) groups is 1. The largest absolute Gasteiger partial charge is 0.375 e. The highest BCUT2D eigenvalue weighted by atomic mass is 16.5. The molecule has 2 heterocycles. The minimum atomic E-state index is 0.113. The van der Waals surface area contributed by atoms with E-state index in [1.54, 1.807) is 0 Å². The molecule has 1 N–H and O–H groups in total. The molecule has 4 rings (SSSR count). The third-order valence-corrected chi connectivity index (χ3v) is 5.42. The summed E-state index contributed by atoms with van der Waals surface area (Å²) in [7, 11) is 0. The fourth-order valence-electron chi connectivity index (χ4n) is 3.87. The van der Waals surface area contributed by atoms with E-state index in [-0.39, 0.29) is 17.9 Å². The minimum absolute atomic E-state index is 0.113. The van der Waals surface area contributed by atoms with Crippen molar-refractivity contribution in [2.45, 2.75) is 44.4 Å². The first kappa shape index (κ1) is 15.1. The predicted molar refractivity (Wildman–Crippen MR) is 86.6 cm³/mol. The quantitative estimate of drug-likeness (QED) is 0.896. The van der Waals surface area contributed by atoms with E-state index in [9.17, 15) is 4.79 Å². The van der Waals surface area contributed by atoms with Crippen LogP contribution in [-0.2, 0) is 16.1 Å². The molecule has 1 amide bonds. The number of hydrogen-bond acceptors (Lipinski definition) is 4. The molecule has 2 aliphatic carbocycles. The topological polar surface area (TPSA) is 54.5 Å². The Morgan fingerprint density at radius 3 is 2.91 bits per heavy atom. The molecule has 3 atom stereocenters. The Balaban J connectivity index is 1.36. The Labute approximate surface area is 137 Å². The third-order valence-electron chi connectivity index (χ3n) is 5.42. The maximum atomic E-state index is 12.4. The van der Waals surface area contributed by atoms with Crippen molar-refractivity contribution in [1.82, 2.24) is 15.2 Å². The van der Waals surface area contributed by atoms with Crippen molar-refractivity contribution in [2.24, 2.45) is 11.8 Å². The highest BCUT2D eigenvalue weighted by molar-refractivity contribution is 5.79. The number of rotatable bonds is 5. The zero-order valence-electron chi connectivity index (χ0n) is 13.5. The SMILES string of the molecule is O=C(NCC1CC1)[C@H]1C[C@@H]2OCCN(Cc3ccncc3)[C@H]2C1. The summed E-state index contributed by atoms with van der Waals surface area (Å²) in [6.07, 6.45) is 8.24. The van der Waals surface area contributed by atoms with E-state index in [1.807, 2.05) is 12.4 Å². The van der Waals surface area contributed by atoms with Gasteiger partial charge in [-0.15, -0.1) is 0 Å². The smallest absolute Gasteiger partial charge is 0.223 e. The average Bonchev–Trinajstić information content (AvgIpc) is 3.30. The number of nitrogens with one attached hydrogen (secondary N) is 1. The van der Waals surface area contributed by atoms with Crippen LogP contribution in [0.4, 0.5) is 0 Å². The van der Waals surface area contributed by atoms with Crippen LogP contribution in [0.5, 0.6) is 0 Å². The van der Waals surface area contributed by atoms with Crippen LogP contribution in [0.2, 0.25) is 0 Å². The van der Waals surface area contributed by atoms with Crippen molar-refractivity contribution in [3.05, 3.63) is 30.1 Å². The van der Waals surface area contributed by atoms with E-state index < -0.39 is 0 Å². The first-order chi connectivity index (χ1) is 11.3. The van der Waals surface area contributed by atoms with Gasteiger partial charge in [0.05, 0.1) is 12.7 Å². The van der Waals surface area contributed by atoms with Crippen molar-refractivity contribution in [3.8, 4) is 0 Å². The Hall–Kier alpha value is -1.46. The maximum absolute atomic E-state index is 12.4. The second-order valence-electron chi connectivity index (χ2n) is 7.16. The lowest BCUT2D eigenvalue weighted by Crippen LogP contribution is -2.47. The number of nitrogens with zero attached hydrogens (tertiary/aromatic N) is 2. The van der Waals surface area contributed by atoms with Crippen LogP contribution in [0.3, 0.4) is 0 Å². The number of ether oxygens (including phenoxy) is 1. The van der Waals surface area contributed by atoms with E-state index in [0.29, 0.717) is 6.04 Å². The Kier molecular flexibility index (Phi) is 4.31. The van der Waals surface area contributed by atoms with Gasteiger partial charge in [0, 0.05) is 44.0 Å². The maximum Gasteiger partial charge on any atom is 0.223 e. The summed E-state index contributed by atoms with van der Waals surface area (Å²) in [6.45, 7) is 3.50. The first-order valence-corrected chi connectivity index (χ1v) is 8.82. The molecule has 1 aromatic rings. The molecule has 0 unspecified atom stereocenters. The van der Waals surface area contributed by atoms with E-state index >= 15 is 0 Å². The Bertz CT molecular complexity index is 546. The second kappa shape index (κ2) is 6.57. The lowest BCUT2D eigenvalue weighted by molar-refractivity contribution is -0.125. The first-order valence-electron chi connectivity index (χ1n) is 8.82. The van der Waals surface area contributed by atoms with Crippen molar-refractivity contribution in [2.75, 3.05) is 19.7 Å². The van der Waals surface area contributed by atoms with Crippen LogP contribution in [0.25, 0.3) is 0 Å². The number of amides is 1. The molecule has 23 heavy (non-hydrogen) atoms. The van der Waals surface area contributed by atoms with Crippen LogP contribution in [0, 0.1) is 11.8 Å². The Morgan fingerprint density at radius 1 is 1.30 bits per heavy atom. The van der Waals surface area contributed by atoms with Crippen LogP contribution in [0.1, 0.15) is 31.2 Å². The number of morpholine rings is 1. The van der Waals surface area contributed by atoms with Crippen LogP contribution >= 0.6 is 0 Å². The fraction of sp³-hybridized carbons (Fsp3) is 0.667. The molecular formula is C18H25N3O2. The van der Waals surface area contributed by atoms with Gasteiger partial charge in [0.25, 0.3) is 0 Å². The standard InChI is InChI=1S/C18H25N3O2/c22-18(20-11-13-1-2-13)15-9-16-17(10-15)23-8-7-21(16)12-14-3-5-19-6-4-14/h3-6,13,15-17H,1-2,7-12H2,(H,20,22)/t15-,16+,17+/m1/s1. The summed E-state index contributed by atoms with van der Waals surface area (Å²) < 4.78 is 5.95. The molecule has 1 aromatic heterocycles. The van der Waals surface area contributed by atoms with Crippen molar-refractivity contribution < 1.29 is 9.53 Å². The summed E-state index contributed by atoms with van der Waals surface area (Å²) in [5, 5.41) is 3.14. The number of aromatic nitrogens is 1. The van der Waals surface area contributed by atoms with Gasteiger partial charge in [-0.1, -0.05) is 0 Å². The summed E-state index contributed by atoms with van der Waals surface area (Å²) in [5.74, 6) is 1.09. The summed E-state index contributed by atoms with van der Waals surface area (Å²) in [4.78, 5) is 19.0. The lowest BCUT2D eigenvalue weighted by Gasteiger charge is -2.37. The molecule has 3 fully saturated rings. The van der Waals surface area contributed by atoms with E-state index in [1.165, 1.54) is 18.4 Å². The monoisotopic (exact) mass is 315 g/mol. The molecule has 2 saturated carbocycles. The van der Waals surface area contributed by atoms with E-state index in [4.69, 9.17) is 4.74 Å². The van der Waals surface area contributed by atoms with Gasteiger partial charge >= 0.3 is 0 Å². The zero-order valence-corrected chi connectivity index (χ0v) is 13.5. The molecule has 1 aliphatic heterocycles. The Morgan fingerprint density at radius 2 is 2.13 bits per heavy atom. The third kappa shape index (κ3) is 3.56. The number of fused-ring (bicyclic) bond motifs is 1. The van der Waals surface area contributed by atoms with Gasteiger partial charge in [0.2, 0.25) is 5.91 Å². The van der Waals surface area contributed by atoms with Gasteiger partial charge in [-0.05, 0) is 49.3 Å². The van der Waals surface area contributed by atoms with Crippen LogP contribution < -0.4 is 5.32 Å². The molecule has 5 heteroatoms. The molecule has 0 bridgehead atoms. The molecule has 0 radical (unpaired) electrons. The predicted octanol–water partition coefficient (Wildman–Crippen LogP) is 1.59. The fourth-order valence-corrected chi connectivity index (χ4v) is 3.87. The van der Waals surface area contributed by atoms with Gasteiger partial charge in [0.15, 0.2) is 0 Å². The van der Waals surface area contributed by atoms with Crippen molar-refractivity contribution >= 4 is 5.91 Å². The van der Waals surface area contributed by atoms with Gasteiger partial charge < -0.3 is 10.1 Å². The average molecular weight is 315 g/mol. The second-order valence-corrected chi connectivity index (χ2v) is 7.16. The lowest BCUT2D eigenvalue weighted by atomic mass is 10.1. The number of carbonyl (C=O) groups excluding carboxylic acids is 1. The molecule has 1 saturated heterocycles. The molecule has 0 spiro atoms. The summed E-state index contributed by atoms with van der Waals surface area (Å²) in [6, 6.07) is 4.51. The summed E-state index contributed by atoms with van der Waals surface area (Å²) >= 11 is 0.